The summed E-state index contributed by atoms with van der Waals surface area (Å²) in [6, 6.07) is 9.98. The third-order valence-corrected chi connectivity index (χ3v) is 4.17. The third kappa shape index (κ3) is 5.57. The van der Waals surface area contributed by atoms with Gasteiger partial charge in [-0.05, 0) is 48.7 Å². The van der Waals surface area contributed by atoms with E-state index in [1.54, 1.807) is 18.2 Å². The first-order chi connectivity index (χ1) is 13.9. The van der Waals surface area contributed by atoms with E-state index >= 15 is 0 Å². The topological polar surface area (TPSA) is 77.8 Å². The molecule has 0 aliphatic carbocycles. The summed E-state index contributed by atoms with van der Waals surface area (Å²) in [5.74, 6) is 0.617. The van der Waals surface area contributed by atoms with Gasteiger partial charge in [-0.1, -0.05) is 13.8 Å². The molecule has 0 unspecified atom stereocenters. The van der Waals surface area contributed by atoms with E-state index in [2.05, 4.69) is 19.2 Å². The third-order valence-electron chi connectivity index (χ3n) is 4.17. The normalized spacial score (nSPS) is 10.9. The summed E-state index contributed by atoms with van der Waals surface area (Å²) in [7, 11) is 0. The van der Waals surface area contributed by atoms with Gasteiger partial charge in [0.05, 0.1) is 5.39 Å². The molecule has 152 valence electrons. The fraction of sp³-hybridized carbons (Fsp3) is 0.273. The fourth-order valence-electron chi connectivity index (χ4n) is 2.58. The zero-order chi connectivity index (χ0) is 20.8. The predicted octanol–water partition coefficient (Wildman–Crippen LogP) is 4.27. The molecular weight excluding hydrogens is 377 g/mol. The predicted molar refractivity (Wildman–Crippen MR) is 107 cm³/mol. The van der Waals surface area contributed by atoms with Gasteiger partial charge in [-0.2, -0.15) is 0 Å². The first-order valence-electron chi connectivity index (χ1n) is 9.31. The van der Waals surface area contributed by atoms with Crippen molar-refractivity contribution in [2.75, 3.05) is 13.2 Å². The minimum absolute atomic E-state index is 0.0118. The number of carbonyl (C=O) groups excluding carboxylic acids is 1. The molecule has 0 aliphatic rings. The smallest absolute Gasteiger partial charge is 0.257 e. The van der Waals surface area contributed by atoms with E-state index in [-0.39, 0.29) is 23.7 Å². The van der Waals surface area contributed by atoms with Gasteiger partial charge >= 0.3 is 0 Å². The molecule has 0 spiro atoms. The van der Waals surface area contributed by atoms with Crippen LogP contribution < -0.4 is 20.2 Å². The number of amides is 1. The zero-order valence-electron chi connectivity index (χ0n) is 16.2. The maximum Gasteiger partial charge on any atom is 0.257 e. The highest BCUT2D eigenvalue weighted by molar-refractivity contribution is 5.80. The molecule has 1 heterocycles. The van der Waals surface area contributed by atoms with Crippen LogP contribution in [-0.4, -0.2) is 19.1 Å². The van der Waals surface area contributed by atoms with Crippen molar-refractivity contribution >= 4 is 16.9 Å². The van der Waals surface area contributed by atoms with Gasteiger partial charge in [0.1, 0.15) is 29.2 Å². The number of hydrogen-bond donors (Lipinski definition) is 1. The Morgan fingerprint density at radius 3 is 2.59 bits per heavy atom. The van der Waals surface area contributed by atoms with E-state index in [1.807, 2.05) is 0 Å². The van der Waals surface area contributed by atoms with Crippen LogP contribution >= 0.6 is 0 Å². The average molecular weight is 399 g/mol. The Hall–Kier alpha value is -3.35. The average Bonchev–Trinajstić information content (AvgIpc) is 2.70. The lowest BCUT2D eigenvalue weighted by atomic mass is 10.1. The van der Waals surface area contributed by atoms with Crippen LogP contribution in [0.2, 0.25) is 0 Å². The lowest BCUT2D eigenvalue weighted by molar-refractivity contribution is -0.123. The number of rotatable bonds is 8. The molecule has 2 aromatic carbocycles. The molecule has 0 aliphatic heterocycles. The van der Waals surface area contributed by atoms with Gasteiger partial charge < -0.3 is 19.2 Å². The molecule has 29 heavy (non-hydrogen) atoms. The number of halogens is 1. The molecule has 0 saturated heterocycles. The van der Waals surface area contributed by atoms with Crippen LogP contribution in [0.1, 0.15) is 20.3 Å². The standard InChI is InChI=1S/C22H22FNO5/c1-14(2)9-10-24-21(25)13-27-17-7-8-18-19(11-17)28-12-20(22(18)26)29-16-5-3-15(23)4-6-16/h3-8,11-12,14H,9-10,13H2,1-2H3,(H,24,25). The summed E-state index contributed by atoms with van der Waals surface area (Å²) >= 11 is 0. The van der Waals surface area contributed by atoms with E-state index in [4.69, 9.17) is 13.9 Å². The molecule has 0 fully saturated rings. The minimum Gasteiger partial charge on any atom is -0.484 e. The van der Waals surface area contributed by atoms with Gasteiger partial charge in [0.25, 0.3) is 5.91 Å². The van der Waals surface area contributed by atoms with Gasteiger partial charge in [-0.3, -0.25) is 9.59 Å². The molecule has 1 amide bonds. The van der Waals surface area contributed by atoms with Crippen LogP contribution in [0.15, 0.2) is 57.9 Å². The number of nitrogens with one attached hydrogen (secondary N) is 1. The number of fused-ring (bicyclic) bond motifs is 1. The number of benzene rings is 2. The number of carbonyl (C=O) groups is 1. The van der Waals surface area contributed by atoms with Crippen molar-refractivity contribution in [1.82, 2.24) is 5.32 Å². The first-order valence-corrected chi connectivity index (χ1v) is 9.31. The molecule has 7 heteroatoms. The second kappa shape index (κ2) is 9.23. The van der Waals surface area contributed by atoms with Gasteiger partial charge in [-0.25, -0.2) is 4.39 Å². The van der Waals surface area contributed by atoms with Crippen molar-refractivity contribution in [3.05, 3.63) is 64.8 Å². The molecule has 0 radical (unpaired) electrons. The highest BCUT2D eigenvalue weighted by Crippen LogP contribution is 2.24. The molecule has 1 N–H and O–H groups in total. The lowest BCUT2D eigenvalue weighted by Crippen LogP contribution is -2.30. The Morgan fingerprint density at radius 2 is 1.86 bits per heavy atom. The van der Waals surface area contributed by atoms with Gasteiger partial charge in [0, 0.05) is 12.6 Å². The summed E-state index contributed by atoms with van der Waals surface area (Å²) in [6.07, 6.45) is 2.09. The van der Waals surface area contributed by atoms with Gasteiger partial charge in [0.15, 0.2) is 6.61 Å². The molecule has 6 nitrogen and oxygen atoms in total. The van der Waals surface area contributed by atoms with Crippen molar-refractivity contribution in [3.8, 4) is 17.2 Å². The monoisotopic (exact) mass is 399 g/mol. The Labute approximate surface area is 167 Å². The molecular formula is C22H22FNO5. The Kier molecular flexibility index (Phi) is 6.49. The van der Waals surface area contributed by atoms with Crippen LogP contribution in [0, 0.1) is 11.7 Å². The van der Waals surface area contributed by atoms with Crippen molar-refractivity contribution in [2.45, 2.75) is 20.3 Å². The van der Waals surface area contributed by atoms with Crippen molar-refractivity contribution < 1.29 is 23.1 Å². The van der Waals surface area contributed by atoms with E-state index in [9.17, 15) is 14.0 Å². The largest absolute Gasteiger partial charge is 0.484 e. The van der Waals surface area contributed by atoms with Crippen LogP contribution in [0.5, 0.6) is 17.2 Å². The maximum absolute atomic E-state index is 13.0. The van der Waals surface area contributed by atoms with E-state index in [0.29, 0.717) is 34.9 Å². The van der Waals surface area contributed by atoms with Gasteiger partial charge in [0.2, 0.25) is 11.2 Å². The summed E-state index contributed by atoms with van der Waals surface area (Å²) in [6.45, 7) is 4.64. The van der Waals surface area contributed by atoms with Crippen LogP contribution in [0.25, 0.3) is 11.0 Å². The molecule has 3 rings (SSSR count). The first kappa shape index (κ1) is 20.4. The van der Waals surface area contributed by atoms with Gasteiger partial charge in [-0.15, -0.1) is 0 Å². The van der Waals surface area contributed by atoms with E-state index in [0.717, 1.165) is 6.42 Å². The Bertz CT molecular complexity index is 1040. The van der Waals surface area contributed by atoms with Crippen molar-refractivity contribution in [3.63, 3.8) is 0 Å². The summed E-state index contributed by atoms with van der Waals surface area (Å²) in [5, 5.41) is 3.09. The Morgan fingerprint density at radius 1 is 1.14 bits per heavy atom. The minimum atomic E-state index is -0.399. The fourth-order valence-corrected chi connectivity index (χ4v) is 2.58. The quantitative estimate of drug-likeness (QED) is 0.612. The molecule has 1 aromatic heterocycles. The number of hydrogen-bond acceptors (Lipinski definition) is 5. The lowest BCUT2D eigenvalue weighted by Gasteiger charge is -2.09. The summed E-state index contributed by atoms with van der Waals surface area (Å²) in [5.41, 5.74) is -0.0623. The van der Waals surface area contributed by atoms with Crippen molar-refractivity contribution in [1.29, 1.82) is 0 Å². The highest BCUT2D eigenvalue weighted by Gasteiger charge is 2.11. The van der Waals surface area contributed by atoms with Crippen LogP contribution in [-0.2, 0) is 4.79 Å². The highest BCUT2D eigenvalue weighted by atomic mass is 19.1. The maximum atomic E-state index is 13.0. The zero-order valence-corrected chi connectivity index (χ0v) is 16.2. The molecule has 0 bridgehead atoms. The second-order valence-electron chi connectivity index (χ2n) is 6.96. The molecule has 0 atom stereocenters. The Balaban J connectivity index is 1.67. The SMILES string of the molecule is CC(C)CCNC(=O)COc1ccc2c(=O)c(Oc3ccc(F)cc3)coc2c1. The van der Waals surface area contributed by atoms with E-state index in [1.165, 1.54) is 30.5 Å². The second-order valence-corrected chi connectivity index (χ2v) is 6.96. The van der Waals surface area contributed by atoms with Crippen molar-refractivity contribution in [2.24, 2.45) is 5.92 Å². The molecule has 3 aromatic rings. The van der Waals surface area contributed by atoms with Crippen LogP contribution in [0.3, 0.4) is 0 Å². The molecule has 0 saturated carbocycles. The summed E-state index contributed by atoms with van der Waals surface area (Å²) < 4.78 is 29.4. The van der Waals surface area contributed by atoms with Crippen LogP contribution in [0.4, 0.5) is 4.39 Å². The van der Waals surface area contributed by atoms with E-state index < -0.39 is 5.82 Å². The summed E-state index contributed by atoms with van der Waals surface area (Å²) in [4.78, 5) is 24.4. The number of ether oxygens (including phenoxy) is 2.